The first kappa shape index (κ1) is 17.6. The second kappa shape index (κ2) is 7.47. The summed E-state index contributed by atoms with van der Waals surface area (Å²) < 4.78 is 2.93. The van der Waals surface area contributed by atoms with Crippen LogP contribution < -0.4 is 0 Å². The summed E-state index contributed by atoms with van der Waals surface area (Å²) >= 11 is 3.16. The third-order valence-electron chi connectivity index (χ3n) is 4.46. The van der Waals surface area contributed by atoms with Crippen molar-refractivity contribution >= 4 is 44.5 Å². The maximum atomic E-state index is 9.83. The molecule has 138 valence electrons. The van der Waals surface area contributed by atoms with Gasteiger partial charge < -0.3 is 0 Å². The van der Waals surface area contributed by atoms with E-state index in [1.165, 1.54) is 11.3 Å². The van der Waals surface area contributed by atoms with Gasteiger partial charge in [0.2, 0.25) is 0 Å². The van der Waals surface area contributed by atoms with Gasteiger partial charge in [0.15, 0.2) is 0 Å². The van der Waals surface area contributed by atoms with E-state index in [-0.39, 0.29) is 0 Å². The molecule has 0 N–H and O–H groups in total. The molecule has 0 spiro atoms. The highest BCUT2D eigenvalue weighted by Crippen LogP contribution is 2.32. The number of nitrogens with zero attached hydrogens (tertiary/aromatic N) is 4. The molecule has 5 rings (SSSR count). The fraction of sp³-hybridized carbons (Fsp3) is 0. The van der Waals surface area contributed by atoms with Crippen molar-refractivity contribution in [3.63, 3.8) is 0 Å². The Balaban J connectivity index is 1.65. The number of benzene rings is 2. The second-order valence-electron chi connectivity index (χ2n) is 6.35. The van der Waals surface area contributed by atoms with Gasteiger partial charge in [0.25, 0.3) is 0 Å². The van der Waals surface area contributed by atoms with Crippen molar-refractivity contribution < 1.29 is 0 Å². The number of fused-ring (bicyclic) bond motifs is 1. The zero-order chi connectivity index (χ0) is 19.6. The van der Waals surface area contributed by atoms with Crippen LogP contribution in [-0.2, 0) is 0 Å². The zero-order valence-electron chi connectivity index (χ0n) is 15.2. The molecule has 0 aliphatic rings. The Bertz CT molecular complexity index is 1320. The van der Waals surface area contributed by atoms with E-state index >= 15 is 0 Å². The lowest BCUT2D eigenvalue weighted by Crippen LogP contribution is -1.93. The highest BCUT2D eigenvalue weighted by atomic mass is 32.1. The van der Waals surface area contributed by atoms with Crippen LogP contribution in [0.2, 0.25) is 0 Å². The van der Waals surface area contributed by atoms with E-state index in [1.807, 2.05) is 89.1 Å². The van der Waals surface area contributed by atoms with Crippen LogP contribution in [0.25, 0.3) is 38.1 Å². The SMILES string of the molecule is N#C/C(=C\c1cn(-c2ccccc2)nc1-c1cccs1)c1nc2ccccc2s1. The molecule has 0 unspecified atom stereocenters. The summed E-state index contributed by atoms with van der Waals surface area (Å²) in [5, 5.41) is 17.4. The summed E-state index contributed by atoms with van der Waals surface area (Å²) in [6, 6.07) is 24.3. The lowest BCUT2D eigenvalue weighted by Gasteiger charge is -1.99. The lowest BCUT2D eigenvalue weighted by molar-refractivity contribution is 0.885. The number of hydrogen-bond donors (Lipinski definition) is 0. The van der Waals surface area contributed by atoms with E-state index in [1.54, 1.807) is 11.3 Å². The van der Waals surface area contributed by atoms with Crippen molar-refractivity contribution in [3.8, 4) is 22.3 Å². The van der Waals surface area contributed by atoms with Crippen molar-refractivity contribution in [1.82, 2.24) is 14.8 Å². The van der Waals surface area contributed by atoms with Gasteiger partial charge in [-0.05, 0) is 41.8 Å². The minimum atomic E-state index is 0.539. The molecule has 0 bridgehead atoms. The molecule has 4 nitrogen and oxygen atoms in total. The van der Waals surface area contributed by atoms with E-state index < -0.39 is 0 Å². The summed E-state index contributed by atoms with van der Waals surface area (Å²) in [7, 11) is 0. The monoisotopic (exact) mass is 410 g/mol. The highest BCUT2D eigenvalue weighted by molar-refractivity contribution is 7.19. The molecular formula is C23H14N4S2. The van der Waals surface area contributed by atoms with Crippen molar-refractivity contribution in [1.29, 1.82) is 5.26 Å². The Labute approximate surface area is 175 Å². The number of aromatic nitrogens is 3. The van der Waals surface area contributed by atoms with Crippen LogP contribution in [0.5, 0.6) is 0 Å². The average Bonchev–Trinajstić information content (AvgIpc) is 3.51. The number of rotatable bonds is 4. The fourth-order valence-corrected chi connectivity index (χ4v) is 4.76. The predicted octanol–water partition coefficient (Wildman–Crippen LogP) is 6.27. The molecule has 3 aromatic heterocycles. The van der Waals surface area contributed by atoms with Gasteiger partial charge in [0.1, 0.15) is 16.8 Å². The van der Waals surface area contributed by atoms with Gasteiger partial charge in [-0.25, -0.2) is 9.67 Å². The van der Waals surface area contributed by atoms with Crippen LogP contribution in [0.1, 0.15) is 10.6 Å². The topological polar surface area (TPSA) is 54.5 Å². The van der Waals surface area contributed by atoms with E-state index in [2.05, 4.69) is 11.1 Å². The fourth-order valence-electron chi connectivity index (χ4n) is 3.10. The largest absolute Gasteiger partial charge is 0.240 e. The second-order valence-corrected chi connectivity index (χ2v) is 8.33. The normalized spacial score (nSPS) is 11.6. The first-order chi connectivity index (χ1) is 14.3. The minimum Gasteiger partial charge on any atom is -0.240 e. The van der Waals surface area contributed by atoms with Crippen LogP contribution in [0.15, 0.2) is 78.3 Å². The molecule has 5 aromatic rings. The molecule has 0 aliphatic carbocycles. The molecule has 3 heterocycles. The Kier molecular flexibility index (Phi) is 4.53. The van der Waals surface area contributed by atoms with Gasteiger partial charge in [-0.15, -0.1) is 22.7 Å². The maximum Gasteiger partial charge on any atom is 0.135 e. The molecule has 6 heteroatoms. The van der Waals surface area contributed by atoms with Crippen LogP contribution >= 0.6 is 22.7 Å². The van der Waals surface area contributed by atoms with Crippen molar-refractivity contribution in [2.75, 3.05) is 0 Å². The molecule has 0 amide bonds. The Morgan fingerprint density at radius 2 is 1.83 bits per heavy atom. The molecule has 0 aliphatic heterocycles. The van der Waals surface area contributed by atoms with E-state index in [4.69, 9.17) is 5.10 Å². The number of hydrogen-bond acceptors (Lipinski definition) is 5. The molecule has 2 aromatic carbocycles. The van der Waals surface area contributed by atoms with Gasteiger partial charge in [-0.1, -0.05) is 36.4 Å². The Morgan fingerprint density at radius 3 is 2.59 bits per heavy atom. The molecule has 0 saturated carbocycles. The molecule has 0 radical (unpaired) electrons. The summed E-state index contributed by atoms with van der Waals surface area (Å²) in [6.45, 7) is 0. The maximum absolute atomic E-state index is 9.83. The van der Waals surface area contributed by atoms with Gasteiger partial charge in [0.05, 0.1) is 26.4 Å². The van der Waals surface area contributed by atoms with Crippen molar-refractivity contribution in [2.24, 2.45) is 0 Å². The molecule has 0 atom stereocenters. The summed E-state index contributed by atoms with van der Waals surface area (Å²) in [5.41, 5.74) is 4.18. The van der Waals surface area contributed by atoms with E-state index in [0.29, 0.717) is 5.57 Å². The number of allylic oxidation sites excluding steroid dienone is 1. The first-order valence-electron chi connectivity index (χ1n) is 8.98. The minimum absolute atomic E-state index is 0.539. The number of para-hydroxylation sites is 2. The average molecular weight is 411 g/mol. The Hall–Kier alpha value is -3.53. The number of nitriles is 1. The van der Waals surface area contributed by atoms with E-state index in [0.717, 1.165) is 37.0 Å². The number of thiophene rings is 1. The standard InChI is InChI=1S/C23H14N4S2/c24-14-16(23-25-19-9-4-5-10-20(19)29-23)13-17-15-27(18-7-2-1-3-8-18)26-22(17)21-11-6-12-28-21/h1-13,15H/b16-13+. The molecular weight excluding hydrogens is 396 g/mol. The van der Waals surface area contributed by atoms with Crippen molar-refractivity contribution in [3.05, 3.63) is 88.9 Å². The van der Waals surface area contributed by atoms with Gasteiger partial charge in [0, 0.05) is 11.8 Å². The number of thiazole rings is 1. The van der Waals surface area contributed by atoms with Crippen LogP contribution in [0.3, 0.4) is 0 Å². The summed E-state index contributed by atoms with van der Waals surface area (Å²) in [4.78, 5) is 5.70. The van der Waals surface area contributed by atoms with Crippen LogP contribution in [0, 0.1) is 11.3 Å². The highest BCUT2D eigenvalue weighted by Gasteiger charge is 2.15. The van der Waals surface area contributed by atoms with Gasteiger partial charge in [-0.2, -0.15) is 10.4 Å². The van der Waals surface area contributed by atoms with Crippen molar-refractivity contribution in [2.45, 2.75) is 0 Å². The zero-order valence-corrected chi connectivity index (χ0v) is 16.8. The molecule has 0 saturated heterocycles. The van der Waals surface area contributed by atoms with E-state index in [9.17, 15) is 5.26 Å². The molecule has 0 fully saturated rings. The summed E-state index contributed by atoms with van der Waals surface area (Å²) in [5.74, 6) is 0. The van der Waals surface area contributed by atoms with Gasteiger partial charge >= 0.3 is 0 Å². The predicted molar refractivity (Wildman–Crippen MR) is 120 cm³/mol. The lowest BCUT2D eigenvalue weighted by atomic mass is 10.1. The third kappa shape index (κ3) is 3.38. The quantitative estimate of drug-likeness (QED) is 0.328. The van der Waals surface area contributed by atoms with Crippen LogP contribution in [-0.4, -0.2) is 14.8 Å². The summed E-state index contributed by atoms with van der Waals surface area (Å²) in [6.07, 6.45) is 3.86. The third-order valence-corrected chi connectivity index (χ3v) is 6.41. The van der Waals surface area contributed by atoms with Crippen LogP contribution in [0.4, 0.5) is 0 Å². The molecule has 29 heavy (non-hydrogen) atoms. The Morgan fingerprint density at radius 1 is 1.00 bits per heavy atom. The first-order valence-corrected chi connectivity index (χ1v) is 10.7. The smallest absolute Gasteiger partial charge is 0.135 e. The van der Waals surface area contributed by atoms with Gasteiger partial charge in [-0.3, -0.25) is 0 Å².